The van der Waals surface area contributed by atoms with Crippen LogP contribution >= 0.6 is 0 Å². The van der Waals surface area contributed by atoms with Crippen LogP contribution in [0.3, 0.4) is 0 Å². The summed E-state index contributed by atoms with van der Waals surface area (Å²) in [7, 11) is 0. The van der Waals surface area contributed by atoms with Crippen LogP contribution in [0, 0.1) is 12.7 Å². The summed E-state index contributed by atoms with van der Waals surface area (Å²) in [5.74, 6) is 0.515. The second-order valence-electron chi connectivity index (χ2n) is 3.15. The number of benzene rings is 1. The van der Waals surface area contributed by atoms with Crippen LogP contribution < -0.4 is 0 Å². The van der Waals surface area contributed by atoms with Gasteiger partial charge in [0.15, 0.2) is 5.82 Å². The molecule has 0 saturated heterocycles. The van der Waals surface area contributed by atoms with E-state index >= 15 is 0 Å². The molecule has 0 amide bonds. The van der Waals surface area contributed by atoms with Gasteiger partial charge in [0.2, 0.25) is 0 Å². The first kappa shape index (κ1) is 8.23. The van der Waals surface area contributed by atoms with E-state index in [1.165, 1.54) is 0 Å². The lowest BCUT2D eigenvalue weighted by Gasteiger charge is -1.96. The minimum absolute atomic E-state index is 0.237. The third kappa shape index (κ3) is 1.30. The van der Waals surface area contributed by atoms with Gasteiger partial charge in [-0.1, -0.05) is 6.92 Å². The summed E-state index contributed by atoms with van der Waals surface area (Å²) in [6, 6.07) is 3.49. The maximum Gasteiger partial charge on any atom is 0.151 e. The second kappa shape index (κ2) is 2.83. The third-order valence-corrected chi connectivity index (χ3v) is 2.13. The molecule has 1 aromatic carbocycles. The van der Waals surface area contributed by atoms with Gasteiger partial charge in [0, 0.05) is 0 Å². The van der Waals surface area contributed by atoms with E-state index in [-0.39, 0.29) is 5.82 Å². The van der Waals surface area contributed by atoms with Crippen LogP contribution in [0.1, 0.15) is 18.3 Å². The fraction of sp³-hybridized carbons (Fsp3) is 0.300. The van der Waals surface area contributed by atoms with Crippen molar-refractivity contribution in [2.45, 2.75) is 20.3 Å². The van der Waals surface area contributed by atoms with Crippen molar-refractivity contribution in [2.24, 2.45) is 0 Å². The fourth-order valence-corrected chi connectivity index (χ4v) is 1.46. The van der Waals surface area contributed by atoms with Crippen LogP contribution in [-0.4, -0.2) is 9.97 Å². The molecule has 0 fully saturated rings. The number of rotatable bonds is 1. The van der Waals surface area contributed by atoms with E-state index in [4.69, 9.17) is 0 Å². The van der Waals surface area contributed by atoms with Crippen molar-refractivity contribution in [3.05, 3.63) is 29.3 Å². The number of aryl methyl sites for hydroxylation is 2. The first-order valence-electron chi connectivity index (χ1n) is 4.35. The molecule has 0 saturated carbocycles. The molecule has 0 aliphatic carbocycles. The number of imidazole rings is 1. The lowest BCUT2D eigenvalue weighted by molar-refractivity contribution is 0.635. The first-order chi connectivity index (χ1) is 6.20. The summed E-state index contributed by atoms with van der Waals surface area (Å²) >= 11 is 0. The van der Waals surface area contributed by atoms with E-state index in [2.05, 4.69) is 9.97 Å². The zero-order chi connectivity index (χ0) is 9.42. The smallest absolute Gasteiger partial charge is 0.151 e. The molecule has 1 heterocycles. The second-order valence-corrected chi connectivity index (χ2v) is 3.15. The number of nitrogens with zero attached hydrogens (tertiary/aromatic N) is 1. The van der Waals surface area contributed by atoms with Gasteiger partial charge in [-0.05, 0) is 31.0 Å². The standard InChI is InChI=1S/C10H11FN2/c1-3-7-4-8(11)10-9(5-7)12-6(2)13-10/h4-5H,3H2,1-2H3,(H,12,13). The Morgan fingerprint density at radius 1 is 1.46 bits per heavy atom. The fourth-order valence-electron chi connectivity index (χ4n) is 1.46. The highest BCUT2D eigenvalue weighted by Crippen LogP contribution is 2.17. The lowest BCUT2D eigenvalue weighted by Crippen LogP contribution is -1.84. The molecule has 0 radical (unpaired) electrons. The summed E-state index contributed by atoms with van der Waals surface area (Å²) in [6.45, 7) is 3.83. The molecule has 68 valence electrons. The molecule has 1 aromatic heterocycles. The normalized spacial score (nSPS) is 11.0. The Balaban J connectivity index is 2.75. The number of H-pyrrole nitrogens is 1. The van der Waals surface area contributed by atoms with Crippen LogP contribution in [0.15, 0.2) is 12.1 Å². The van der Waals surface area contributed by atoms with Gasteiger partial charge in [0.1, 0.15) is 11.3 Å². The highest BCUT2D eigenvalue weighted by Gasteiger charge is 2.06. The number of aromatic nitrogens is 2. The van der Waals surface area contributed by atoms with E-state index in [0.717, 1.165) is 23.3 Å². The van der Waals surface area contributed by atoms with Crippen molar-refractivity contribution in [1.82, 2.24) is 9.97 Å². The highest BCUT2D eigenvalue weighted by molar-refractivity contribution is 5.76. The Bertz CT molecular complexity index is 445. The van der Waals surface area contributed by atoms with E-state index in [1.54, 1.807) is 6.07 Å². The van der Waals surface area contributed by atoms with Gasteiger partial charge < -0.3 is 4.98 Å². The average Bonchev–Trinajstić information content (AvgIpc) is 2.46. The van der Waals surface area contributed by atoms with Crippen LogP contribution in [0.5, 0.6) is 0 Å². The molecular weight excluding hydrogens is 167 g/mol. The summed E-state index contributed by atoms with van der Waals surface area (Å²) in [4.78, 5) is 7.08. The summed E-state index contributed by atoms with van der Waals surface area (Å²) < 4.78 is 13.4. The zero-order valence-electron chi connectivity index (χ0n) is 7.69. The minimum atomic E-state index is -0.237. The SMILES string of the molecule is CCc1cc(F)c2nc(C)[nH]c2c1. The van der Waals surface area contributed by atoms with Gasteiger partial charge in [0.25, 0.3) is 0 Å². The van der Waals surface area contributed by atoms with Crippen molar-refractivity contribution in [1.29, 1.82) is 0 Å². The average molecular weight is 178 g/mol. The lowest BCUT2D eigenvalue weighted by atomic mass is 10.1. The maximum atomic E-state index is 13.4. The number of nitrogens with one attached hydrogen (secondary N) is 1. The van der Waals surface area contributed by atoms with Crippen LogP contribution in [0.2, 0.25) is 0 Å². The van der Waals surface area contributed by atoms with E-state index in [9.17, 15) is 4.39 Å². The quantitative estimate of drug-likeness (QED) is 0.714. The van der Waals surface area contributed by atoms with E-state index in [0.29, 0.717) is 5.52 Å². The van der Waals surface area contributed by atoms with Gasteiger partial charge in [-0.15, -0.1) is 0 Å². The molecule has 0 aliphatic heterocycles. The van der Waals surface area contributed by atoms with Gasteiger partial charge in [-0.2, -0.15) is 0 Å². The van der Waals surface area contributed by atoms with E-state index in [1.807, 2.05) is 19.9 Å². The molecule has 0 bridgehead atoms. The summed E-state index contributed by atoms with van der Waals surface area (Å²) in [6.07, 6.45) is 0.838. The van der Waals surface area contributed by atoms with Gasteiger partial charge in [-0.3, -0.25) is 0 Å². The predicted molar refractivity (Wildman–Crippen MR) is 50.2 cm³/mol. The maximum absolute atomic E-state index is 13.4. The van der Waals surface area contributed by atoms with Gasteiger partial charge in [-0.25, -0.2) is 9.37 Å². The number of hydrogen-bond donors (Lipinski definition) is 1. The Labute approximate surface area is 75.8 Å². The number of fused-ring (bicyclic) bond motifs is 1. The third-order valence-electron chi connectivity index (χ3n) is 2.13. The molecule has 0 aliphatic rings. The molecule has 0 spiro atoms. The molecule has 2 nitrogen and oxygen atoms in total. The van der Waals surface area contributed by atoms with Gasteiger partial charge >= 0.3 is 0 Å². The van der Waals surface area contributed by atoms with Crippen LogP contribution in [0.25, 0.3) is 11.0 Å². The number of hydrogen-bond acceptors (Lipinski definition) is 1. The van der Waals surface area contributed by atoms with Crippen molar-refractivity contribution in [2.75, 3.05) is 0 Å². The zero-order valence-corrected chi connectivity index (χ0v) is 7.69. The molecule has 1 N–H and O–H groups in total. The predicted octanol–water partition coefficient (Wildman–Crippen LogP) is 2.57. The summed E-state index contributed by atoms with van der Waals surface area (Å²) in [5, 5.41) is 0. The summed E-state index contributed by atoms with van der Waals surface area (Å²) in [5.41, 5.74) is 2.22. The Kier molecular flexibility index (Phi) is 1.79. The van der Waals surface area contributed by atoms with Crippen molar-refractivity contribution < 1.29 is 4.39 Å². The Morgan fingerprint density at radius 3 is 2.92 bits per heavy atom. The van der Waals surface area contributed by atoms with Crippen molar-refractivity contribution >= 4 is 11.0 Å². The highest BCUT2D eigenvalue weighted by atomic mass is 19.1. The molecule has 3 heteroatoms. The molecule has 2 rings (SSSR count). The molecular formula is C10H11FN2. The van der Waals surface area contributed by atoms with Crippen molar-refractivity contribution in [3.8, 4) is 0 Å². The van der Waals surface area contributed by atoms with Crippen LogP contribution in [-0.2, 0) is 6.42 Å². The van der Waals surface area contributed by atoms with Crippen LogP contribution in [0.4, 0.5) is 4.39 Å². The van der Waals surface area contributed by atoms with Gasteiger partial charge in [0.05, 0.1) is 5.52 Å². The Hall–Kier alpha value is -1.38. The largest absolute Gasteiger partial charge is 0.342 e. The minimum Gasteiger partial charge on any atom is -0.342 e. The molecule has 2 aromatic rings. The Morgan fingerprint density at radius 2 is 2.23 bits per heavy atom. The molecule has 0 unspecified atom stereocenters. The number of aromatic amines is 1. The topological polar surface area (TPSA) is 28.7 Å². The monoisotopic (exact) mass is 178 g/mol. The van der Waals surface area contributed by atoms with Crippen molar-refractivity contribution in [3.63, 3.8) is 0 Å². The molecule has 13 heavy (non-hydrogen) atoms. The number of halogens is 1. The van der Waals surface area contributed by atoms with E-state index < -0.39 is 0 Å². The molecule has 0 atom stereocenters. The first-order valence-corrected chi connectivity index (χ1v) is 4.35.